The molecular formula is C17H21N7O. The Bertz CT molecular complexity index is 831. The Morgan fingerprint density at radius 3 is 2.40 bits per heavy atom. The van der Waals surface area contributed by atoms with Gasteiger partial charge in [0.1, 0.15) is 5.66 Å². The van der Waals surface area contributed by atoms with Crippen LogP contribution in [0.1, 0.15) is 38.0 Å². The van der Waals surface area contributed by atoms with E-state index in [-0.39, 0.29) is 5.96 Å². The van der Waals surface area contributed by atoms with Crippen molar-refractivity contribution in [2.75, 3.05) is 4.90 Å². The molecule has 4 rings (SSSR count). The van der Waals surface area contributed by atoms with Crippen molar-refractivity contribution >= 4 is 17.6 Å². The maximum absolute atomic E-state index is 6.23. The monoisotopic (exact) mass is 339 g/mol. The highest BCUT2D eigenvalue weighted by Gasteiger charge is 2.42. The predicted octanol–water partition coefficient (Wildman–Crippen LogP) is 2.15. The van der Waals surface area contributed by atoms with Crippen molar-refractivity contribution < 1.29 is 4.42 Å². The molecule has 1 aromatic carbocycles. The third-order valence-electron chi connectivity index (χ3n) is 4.75. The Labute approximate surface area is 145 Å². The van der Waals surface area contributed by atoms with E-state index >= 15 is 0 Å². The average molecular weight is 339 g/mol. The molecule has 1 fully saturated rings. The maximum atomic E-state index is 6.23. The molecular weight excluding hydrogens is 318 g/mol. The van der Waals surface area contributed by atoms with Crippen LogP contribution in [-0.4, -0.2) is 27.8 Å². The van der Waals surface area contributed by atoms with Crippen molar-refractivity contribution in [3.8, 4) is 11.5 Å². The number of rotatable bonds is 2. The van der Waals surface area contributed by atoms with E-state index in [1.807, 2.05) is 29.2 Å². The van der Waals surface area contributed by atoms with Crippen LogP contribution in [0.5, 0.6) is 0 Å². The first-order valence-electron chi connectivity index (χ1n) is 8.48. The molecule has 25 heavy (non-hydrogen) atoms. The topological polar surface area (TPSA) is 119 Å². The second-order valence-electron chi connectivity index (χ2n) is 6.49. The number of benzene rings is 1. The van der Waals surface area contributed by atoms with Crippen molar-refractivity contribution in [2.24, 2.45) is 21.5 Å². The molecule has 0 radical (unpaired) electrons. The third kappa shape index (κ3) is 2.73. The first kappa shape index (κ1) is 15.6. The Hall–Kier alpha value is -2.90. The molecule has 4 N–H and O–H groups in total. The molecule has 1 spiro atoms. The van der Waals surface area contributed by atoms with Gasteiger partial charge in [0, 0.05) is 18.2 Å². The highest BCUT2D eigenvalue weighted by Crippen LogP contribution is 2.39. The number of aliphatic imine (C=N–C) groups is 2. The lowest BCUT2D eigenvalue weighted by Crippen LogP contribution is -2.58. The van der Waals surface area contributed by atoms with E-state index in [2.05, 4.69) is 20.2 Å². The number of guanidine groups is 2. The van der Waals surface area contributed by atoms with Gasteiger partial charge in [-0.2, -0.15) is 4.99 Å². The molecule has 1 saturated carbocycles. The van der Waals surface area contributed by atoms with Crippen molar-refractivity contribution in [2.45, 2.75) is 44.7 Å². The molecule has 0 bridgehead atoms. The lowest BCUT2D eigenvalue weighted by Gasteiger charge is -2.45. The number of hydrogen-bond donors (Lipinski definition) is 2. The largest absolute Gasteiger partial charge is 0.421 e. The normalized spacial score (nSPS) is 19.6. The van der Waals surface area contributed by atoms with E-state index in [0.717, 1.165) is 36.9 Å². The first-order valence-corrected chi connectivity index (χ1v) is 8.48. The zero-order valence-electron chi connectivity index (χ0n) is 14.1. The van der Waals surface area contributed by atoms with Crippen molar-refractivity contribution in [3.63, 3.8) is 0 Å². The van der Waals surface area contributed by atoms with Gasteiger partial charge in [-0.3, -0.25) is 4.90 Å². The highest BCUT2D eigenvalue weighted by atomic mass is 16.4. The number of aromatic nitrogens is 2. The number of nitrogens with zero attached hydrogens (tertiary/aromatic N) is 5. The van der Waals surface area contributed by atoms with Crippen molar-refractivity contribution in [3.05, 3.63) is 30.2 Å². The van der Waals surface area contributed by atoms with E-state index in [4.69, 9.17) is 15.9 Å². The zero-order chi connectivity index (χ0) is 17.4. The van der Waals surface area contributed by atoms with E-state index in [1.165, 1.54) is 6.42 Å². The quantitative estimate of drug-likeness (QED) is 0.865. The van der Waals surface area contributed by atoms with Gasteiger partial charge in [0.05, 0.1) is 0 Å². The summed E-state index contributed by atoms with van der Waals surface area (Å²) in [5, 5.41) is 7.92. The number of hydrogen-bond acceptors (Lipinski definition) is 8. The molecule has 0 atom stereocenters. The molecule has 2 aromatic rings. The number of aryl methyl sites for hydroxylation is 1. The first-order chi connectivity index (χ1) is 12.1. The van der Waals surface area contributed by atoms with Crippen LogP contribution in [0.4, 0.5) is 5.69 Å². The van der Waals surface area contributed by atoms with E-state index in [1.54, 1.807) is 6.92 Å². The van der Waals surface area contributed by atoms with Gasteiger partial charge in [0.25, 0.3) is 0 Å². The highest BCUT2D eigenvalue weighted by molar-refractivity contribution is 6.05. The summed E-state index contributed by atoms with van der Waals surface area (Å²) < 4.78 is 5.48. The second kappa shape index (κ2) is 5.87. The van der Waals surface area contributed by atoms with Crippen LogP contribution in [0.2, 0.25) is 0 Å². The fourth-order valence-corrected chi connectivity index (χ4v) is 3.66. The van der Waals surface area contributed by atoms with Crippen LogP contribution >= 0.6 is 0 Å². The molecule has 8 heteroatoms. The van der Waals surface area contributed by atoms with E-state index in [0.29, 0.717) is 17.7 Å². The van der Waals surface area contributed by atoms with Crippen molar-refractivity contribution in [1.29, 1.82) is 0 Å². The lowest BCUT2D eigenvalue weighted by atomic mass is 9.87. The van der Waals surface area contributed by atoms with Crippen LogP contribution in [0.3, 0.4) is 0 Å². The van der Waals surface area contributed by atoms with Gasteiger partial charge in [-0.25, -0.2) is 4.99 Å². The summed E-state index contributed by atoms with van der Waals surface area (Å²) in [5.41, 5.74) is 13.5. The van der Waals surface area contributed by atoms with Crippen LogP contribution in [-0.2, 0) is 0 Å². The zero-order valence-corrected chi connectivity index (χ0v) is 14.1. The summed E-state index contributed by atoms with van der Waals surface area (Å²) in [6, 6.07) is 7.83. The summed E-state index contributed by atoms with van der Waals surface area (Å²) in [4.78, 5) is 10.9. The van der Waals surface area contributed by atoms with Gasteiger partial charge in [0.15, 0.2) is 0 Å². The molecule has 0 amide bonds. The minimum Gasteiger partial charge on any atom is -0.421 e. The Balaban J connectivity index is 1.70. The summed E-state index contributed by atoms with van der Waals surface area (Å²) in [6.45, 7) is 1.77. The minimum atomic E-state index is -0.434. The summed E-state index contributed by atoms with van der Waals surface area (Å²) in [5.74, 6) is 1.68. The fourth-order valence-electron chi connectivity index (χ4n) is 3.66. The van der Waals surface area contributed by atoms with Gasteiger partial charge < -0.3 is 15.9 Å². The van der Waals surface area contributed by atoms with Gasteiger partial charge in [0.2, 0.25) is 23.7 Å². The van der Waals surface area contributed by atoms with E-state index < -0.39 is 5.66 Å². The predicted molar refractivity (Wildman–Crippen MR) is 96.0 cm³/mol. The Morgan fingerprint density at radius 2 is 1.76 bits per heavy atom. The molecule has 1 aliphatic heterocycles. The van der Waals surface area contributed by atoms with Gasteiger partial charge in [-0.1, -0.05) is 6.42 Å². The smallest absolute Gasteiger partial charge is 0.247 e. The standard InChI is InChI=1S/C17H21N7O/c1-11-22-23-14(25-11)12-5-7-13(8-6-12)24-16(19)20-15(18)21-17(24)9-3-2-4-10-17/h5-8H,2-4,9-10H2,1H3,(H4,18,19,20,21). The van der Waals surface area contributed by atoms with Crippen LogP contribution < -0.4 is 16.4 Å². The average Bonchev–Trinajstić information content (AvgIpc) is 3.02. The minimum absolute atomic E-state index is 0.258. The molecule has 8 nitrogen and oxygen atoms in total. The molecule has 130 valence electrons. The van der Waals surface area contributed by atoms with Crippen LogP contribution in [0, 0.1) is 6.92 Å². The summed E-state index contributed by atoms with van der Waals surface area (Å²) >= 11 is 0. The van der Waals surface area contributed by atoms with Gasteiger partial charge in [-0.15, -0.1) is 10.2 Å². The molecule has 1 aliphatic carbocycles. The van der Waals surface area contributed by atoms with Crippen molar-refractivity contribution in [1.82, 2.24) is 10.2 Å². The summed E-state index contributed by atoms with van der Waals surface area (Å²) in [6.07, 6.45) is 5.22. The molecule has 1 aromatic heterocycles. The van der Waals surface area contributed by atoms with Crippen LogP contribution in [0.25, 0.3) is 11.5 Å². The molecule has 2 aliphatic rings. The maximum Gasteiger partial charge on any atom is 0.247 e. The van der Waals surface area contributed by atoms with E-state index in [9.17, 15) is 0 Å². The third-order valence-corrected chi connectivity index (χ3v) is 4.75. The van der Waals surface area contributed by atoms with Crippen LogP contribution in [0.15, 0.2) is 38.7 Å². The van der Waals surface area contributed by atoms with Gasteiger partial charge >= 0.3 is 0 Å². The Morgan fingerprint density at radius 1 is 1.04 bits per heavy atom. The molecule has 0 unspecified atom stereocenters. The Kier molecular flexibility index (Phi) is 3.67. The second-order valence-corrected chi connectivity index (χ2v) is 6.49. The SMILES string of the molecule is Cc1nnc(-c2ccc(N3C(N)=NC(N)=NC34CCCCC4)cc2)o1. The lowest BCUT2D eigenvalue weighted by molar-refractivity contribution is 0.305. The molecule has 0 saturated heterocycles. The summed E-state index contributed by atoms with van der Waals surface area (Å²) in [7, 11) is 0. The van der Waals surface area contributed by atoms with Gasteiger partial charge in [-0.05, 0) is 49.9 Å². The number of nitrogens with two attached hydrogens (primary N) is 2. The number of anilines is 1. The molecule has 2 heterocycles. The fraction of sp³-hybridized carbons (Fsp3) is 0.412.